The Kier molecular flexibility index (Phi) is 6.42. The molecule has 0 radical (unpaired) electrons. The maximum atomic E-state index is 12.5. The second kappa shape index (κ2) is 9.75. The van der Waals surface area contributed by atoms with Crippen molar-refractivity contribution in [1.82, 2.24) is 9.88 Å². The number of rotatable bonds is 5. The summed E-state index contributed by atoms with van der Waals surface area (Å²) in [5, 5.41) is 2.82. The van der Waals surface area contributed by atoms with E-state index in [0.29, 0.717) is 31.1 Å². The molecule has 1 fully saturated rings. The smallest absolute Gasteiger partial charge is 0.289 e. The fourth-order valence-corrected chi connectivity index (χ4v) is 3.47. The Labute approximate surface area is 181 Å². The number of anilines is 2. The zero-order chi connectivity index (χ0) is 21.5. The van der Waals surface area contributed by atoms with Crippen molar-refractivity contribution < 1.29 is 14.0 Å². The van der Waals surface area contributed by atoms with Crippen molar-refractivity contribution in [2.24, 2.45) is 0 Å². The van der Waals surface area contributed by atoms with Crippen molar-refractivity contribution in [3.8, 4) is 0 Å². The van der Waals surface area contributed by atoms with Crippen LogP contribution in [0.4, 0.5) is 11.5 Å². The zero-order valence-electron chi connectivity index (χ0n) is 17.1. The molecule has 3 heterocycles. The number of nitrogens with zero attached hydrogens (tertiary/aromatic N) is 3. The fraction of sp³-hybridized carbons (Fsp3) is 0.208. The summed E-state index contributed by atoms with van der Waals surface area (Å²) in [4.78, 5) is 33.1. The van der Waals surface area contributed by atoms with Crippen LogP contribution in [0.2, 0.25) is 0 Å². The summed E-state index contributed by atoms with van der Waals surface area (Å²) < 4.78 is 5.23. The van der Waals surface area contributed by atoms with Crippen molar-refractivity contribution in [1.29, 1.82) is 0 Å². The molecule has 0 spiro atoms. The first-order valence-electron chi connectivity index (χ1n) is 10.3. The summed E-state index contributed by atoms with van der Waals surface area (Å²) in [6.45, 7) is 2.77. The summed E-state index contributed by atoms with van der Waals surface area (Å²) in [5.41, 5.74) is 1.60. The van der Waals surface area contributed by atoms with Crippen LogP contribution >= 0.6 is 0 Å². The van der Waals surface area contributed by atoms with Gasteiger partial charge in [0.05, 0.1) is 18.1 Å². The lowest BCUT2D eigenvalue weighted by molar-refractivity contribution is -0.111. The SMILES string of the molecule is O=C(/C=C/c1ccccc1)Nc1ccc(N2CCCN(C(=O)c3ccco3)CC2)nc1. The predicted molar refractivity (Wildman–Crippen MR) is 120 cm³/mol. The highest BCUT2D eigenvalue weighted by Gasteiger charge is 2.22. The van der Waals surface area contributed by atoms with Gasteiger partial charge in [0.2, 0.25) is 5.91 Å². The molecule has 31 heavy (non-hydrogen) atoms. The maximum absolute atomic E-state index is 12.5. The minimum Gasteiger partial charge on any atom is -0.459 e. The van der Waals surface area contributed by atoms with Crippen LogP contribution in [-0.4, -0.2) is 47.9 Å². The van der Waals surface area contributed by atoms with Gasteiger partial charge >= 0.3 is 0 Å². The standard InChI is InChI=1S/C24H24N4O3/c29-23(12-9-19-6-2-1-3-7-19)26-20-10-11-22(25-18-20)27-13-5-14-28(16-15-27)24(30)21-8-4-17-31-21/h1-4,6-12,17-18H,5,13-16H2,(H,26,29)/b12-9+. The third kappa shape index (κ3) is 5.39. The number of nitrogens with one attached hydrogen (secondary N) is 1. The van der Waals surface area contributed by atoms with Gasteiger partial charge in [-0.05, 0) is 42.3 Å². The Hall–Kier alpha value is -3.87. The molecule has 2 aromatic heterocycles. The third-order valence-electron chi connectivity index (χ3n) is 5.08. The number of aromatic nitrogens is 1. The van der Waals surface area contributed by atoms with E-state index in [2.05, 4.69) is 15.2 Å². The van der Waals surface area contributed by atoms with Crippen molar-refractivity contribution in [3.63, 3.8) is 0 Å². The lowest BCUT2D eigenvalue weighted by Crippen LogP contribution is -2.35. The molecule has 0 unspecified atom stereocenters. The molecule has 7 heteroatoms. The van der Waals surface area contributed by atoms with Crippen molar-refractivity contribution >= 4 is 29.4 Å². The zero-order valence-corrected chi connectivity index (χ0v) is 17.1. The van der Waals surface area contributed by atoms with Crippen LogP contribution in [0.15, 0.2) is 77.6 Å². The number of hydrogen-bond donors (Lipinski definition) is 1. The van der Waals surface area contributed by atoms with E-state index < -0.39 is 0 Å². The minimum atomic E-state index is -0.208. The highest BCUT2D eigenvalue weighted by Crippen LogP contribution is 2.17. The molecule has 1 aliphatic rings. The van der Waals surface area contributed by atoms with Crippen LogP contribution in [0.1, 0.15) is 22.5 Å². The Morgan fingerprint density at radius 1 is 0.968 bits per heavy atom. The Bertz CT molecular complexity index is 1030. The number of pyridine rings is 1. The number of furan rings is 1. The van der Waals surface area contributed by atoms with Gasteiger partial charge in [0.15, 0.2) is 5.76 Å². The average Bonchev–Trinajstić information content (AvgIpc) is 3.23. The molecule has 0 atom stereocenters. The molecule has 2 amide bonds. The first-order chi connectivity index (χ1) is 15.2. The average molecular weight is 416 g/mol. The molecule has 1 aromatic carbocycles. The van der Waals surface area contributed by atoms with Crippen LogP contribution in [0.25, 0.3) is 6.08 Å². The molecule has 4 rings (SSSR count). The monoisotopic (exact) mass is 416 g/mol. The van der Waals surface area contributed by atoms with Gasteiger partial charge in [-0.15, -0.1) is 0 Å². The maximum Gasteiger partial charge on any atom is 0.289 e. The van der Waals surface area contributed by atoms with E-state index >= 15 is 0 Å². The second-order valence-corrected chi connectivity index (χ2v) is 7.25. The molecule has 1 saturated heterocycles. The molecule has 0 aliphatic carbocycles. The Morgan fingerprint density at radius 2 is 1.84 bits per heavy atom. The summed E-state index contributed by atoms with van der Waals surface area (Å²) >= 11 is 0. The summed E-state index contributed by atoms with van der Waals surface area (Å²) in [5.74, 6) is 0.903. The Morgan fingerprint density at radius 3 is 2.58 bits per heavy atom. The first-order valence-corrected chi connectivity index (χ1v) is 10.3. The molecule has 0 saturated carbocycles. The van der Waals surface area contributed by atoms with Crippen LogP contribution in [0.5, 0.6) is 0 Å². The van der Waals surface area contributed by atoms with Gasteiger partial charge in [-0.2, -0.15) is 0 Å². The van der Waals surface area contributed by atoms with Crippen LogP contribution in [0, 0.1) is 0 Å². The molecular weight excluding hydrogens is 392 g/mol. The van der Waals surface area contributed by atoms with Crippen molar-refractivity contribution in [2.45, 2.75) is 6.42 Å². The summed E-state index contributed by atoms with van der Waals surface area (Å²) in [6.07, 6.45) is 7.28. The number of carbonyl (C=O) groups excluding carboxylic acids is 2. The Balaban J connectivity index is 1.32. The summed E-state index contributed by atoms with van der Waals surface area (Å²) in [6, 6.07) is 16.8. The third-order valence-corrected chi connectivity index (χ3v) is 5.08. The molecule has 7 nitrogen and oxygen atoms in total. The van der Waals surface area contributed by atoms with E-state index in [4.69, 9.17) is 4.42 Å². The second-order valence-electron chi connectivity index (χ2n) is 7.25. The van der Waals surface area contributed by atoms with Gasteiger partial charge in [0.1, 0.15) is 5.82 Å². The van der Waals surface area contributed by atoms with E-state index in [-0.39, 0.29) is 11.8 Å². The van der Waals surface area contributed by atoms with E-state index in [1.54, 1.807) is 24.4 Å². The quantitative estimate of drug-likeness (QED) is 0.642. The predicted octanol–water partition coefficient (Wildman–Crippen LogP) is 3.68. The molecule has 158 valence electrons. The van der Waals surface area contributed by atoms with E-state index in [1.807, 2.05) is 47.4 Å². The highest BCUT2D eigenvalue weighted by molar-refractivity contribution is 6.01. The molecule has 1 N–H and O–H groups in total. The van der Waals surface area contributed by atoms with E-state index in [9.17, 15) is 9.59 Å². The van der Waals surface area contributed by atoms with Gasteiger partial charge in [0, 0.05) is 32.3 Å². The first kappa shape index (κ1) is 20.4. The molecular formula is C24H24N4O3. The van der Waals surface area contributed by atoms with Gasteiger partial charge < -0.3 is 19.5 Å². The topological polar surface area (TPSA) is 78.7 Å². The number of benzene rings is 1. The number of carbonyl (C=O) groups is 2. The van der Waals surface area contributed by atoms with Crippen LogP contribution in [0.3, 0.4) is 0 Å². The van der Waals surface area contributed by atoms with Gasteiger partial charge in [-0.3, -0.25) is 9.59 Å². The number of amides is 2. The van der Waals surface area contributed by atoms with Gasteiger partial charge in [-0.1, -0.05) is 30.3 Å². The normalized spacial score (nSPS) is 14.5. The lowest BCUT2D eigenvalue weighted by atomic mass is 10.2. The largest absolute Gasteiger partial charge is 0.459 e. The molecule has 1 aliphatic heterocycles. The van der Waals surface area contributed by atoms with Gasteiger partial charge in [-0.25, -0.2) is 4.98 Å². The lowest BCUT2D eigenvalue weighted by Gasteiger charge is -2.22. The van der Waals surface area contributed by atoms with E-state index in [0.717, 1.165) is 24.3 Å². The van der Waals surface area contributed by atoms with Crippen LogP contribution in [-0.2, 0) is 4.79 Å². The summed E-state index contributed by atoms with van der Waals surface area (Å²) in [7, 11) is 0. The van der Waals surface area contributed by atoms with Gasteiger partial charge in [0.25, 0.3) is 5.91 Å². The van der Waals surface area contributed by atoms with E-state index in [1.165, 1.54) is 12.3 Å². The van der Waals surface area contributed by atoms with Crippen molar-refractivity contribution in [3.05, 3.63) is 84.5 Å². The highest BCUT2D eigenvalue weighted by atomic mass is 16.3. The van der Waals surface area contributed by atoms with Crippen molar-refractivity contribution in [2.75, 3.05) is 36.4 Å². The fourth-order valence-electron chi connectivity index (χ4n) is 3.47. The number of hydrogen-bond acceptors (Lipinski definition) is 5. The van der Waals surface area contributed by atoms with Crippen LogP contribution < -0.4 is 10.2 Å². The molecule has 0 bridgehead atoms. The molecule has 3 aromatic rings. The minimum absolute atomic E-state index is 0.0820.